The van der Waals surface area contributed by atoms with E-state index in [4.69, 9.17) is 0 Å². The van der Waals surface area contributed by atoms with Crippen LogP contribution in [0.2, 0.25) is 0 Å². The smallest absolute Gasteiger partial charge is 0.241 e. The number of rotatable bonds is 6. The van der Waals surface area contributed by atoms with E-state index in [-0.39, 0.29) is 12.5 Å². The molecule has 0 aliphatic rings. The highest BCUT2D eigenvalue weighted by molar-refractivity contribution is 9.10. The van der Waals surface area contributed by atoms with Crippen LogP contribution in [0.5, 0.6) is 0 Å². The van der Waals surface area contributed by atoms with Gasteiger partial charge >= 0.3 is 0 Å². The second-order valence-electron chi connectivity index (χ2n) is 4.27. The molecule has 0 fully saturated rings. The van der Waals surface area contributed by atoms with Gasteiger partial charge < -0.3 is 10.2 Å². The first-order valence-electron chi connectivity index (χ1n) is 5.60. The van der Waals surface area contributed by atoms with Gasteiger partial charge in [0.05, 0.1) is 10.2 Å². The van der Waals surface area contributed by atoms with E-state index in [1.165, 1.54) is 0 Å². The molecule has 0 aromatic carbocycles. The zero-order valence-electron chi connectivity index (χ0n) is 10.5. The second kappa shape index (κ2) is 6.76. The molecule has 0 saturated heterocycles. The van der Waals surface area contributed by atoms with Gasteiger partial charge in [-0.1, -0.05) is 0 Å². The van der Waals surface area contributed by atoms with E-state index in [2.05, 4.69) is 31.2 Å². The van der Waals surface area contributed by atoms with Crippen molar-refractivity contribution < 1.29 is 4.79 Å². The Hall–Kier alpha value is -0.880. The van der Waals surface area contributed by atoms with Gasteiger partial charge in [0.1, 0.15) is 6.54 Å². The van der Waals surface area contributed by atoms with Crippen molar-refractivity contribution in [3.05, 3.63) is 16.4 Å². The van der Waals surface area contributed by atoms with Crippen molar-refractivity contribution in [3.63, 3.8) is 0 Å². The van der Waals surface area contributed by atoms with Gasteiger partial charge in [-0.15, -0.1) is 0 Å². The Morgan fingerprint density at radius 3 is 2.82 bits per heavy atom. The molecular formula is C11H19BrN4O. The van der Waals surface area contributed by atoms with Crippen molar-refractivity contribution in [2.45, 2.75) is 19.9 Å². The van der Waals surface area contributed by atoms with E-state index in [0.29, 0.717) is 6.54 Å². The molecule has 0 spiro atoms. The number of amides is 1. The molecule has 1 aromatic heterocycles. The molecule has 1 N–H and O–H groups in total. The van der Waals surface area contributed by atoms with Gasteiger partial charge in [0, 0.05) is 12.7 Å². The summed E-state index contributed by atoms with van der Waals surface area (Å²) in [6.45, 7) is 3.86. The summed E-state index contributed by atoms with van der Waals surface area (Å²) in [6, 6.07) is 0. The average Bonchev–Trinajstić information content (AvgIpc) is 2.52. The maximum Gasteiger partial charge on any atom is 0.241 e. The van der Waals surface area contributed by atoms with Crippen molar-refractivity contribution in [2.24, 2.45) is 0 Å². The lowest BCUT2D eigenvalue weighted by atomic mass is 10.4. The molecule has 1 heterocycles. The molecule has 17 heavy (non-hydrogen) atoms. The van der Waals surface area contributed by atoms with Crippen LogP contribution < -0.4 is 5.32 Å². The molecule has 96 valence electrons. The van der Waals surface area contributed by atoms with E-state index in [0.717, 1.165) is 23.1 Å². The van der Waals surface area contributed by atoms with Gasteiger partial charge in [-0.05, 0) is 49.9 Å². The first-order valence-corrected chi connectivity index (χ1v) is 6.39. The summed E-state index contributed by atoms with van der Waals surface area (Å²) in [5, 5.41) is 7.08. The summed E-state index contributed by atoms with van der Waals surface area (Å²) in [5.74, 6) is -0.00115. The van der Waals surface area contributed by atoms with Crippen LogP contribution in [-0.2, 0) is 11.3 Å². The summed E-state index contributed by atoms with van der Waals surface area (Å²) in [7, 11) is 4.04. The SMILES string of the molecule is Cc1nn(CC(=O)NCCCN(C)C)cc1Br. The highest BCUT2D eigenvalue weighted by Gasteiger charge is 2.05. The normalized spacial score (nSPS) is 10.9. The van der Waals surface area contributed by atoms with Crippen molar-refractivity contribution >= 4 is 21.8 Å². The van der Waals surface area contributed by atoms with Gasteiger partial charge in [0.2, 0.25) is 5.91 Å². The van der Waals surface area contributed by atoms with Crippen LogP contribution in [-0.4, -0.2) is 47.8 Å². The average molecular weight is 303 g/mol. The summed E-state index contributed by atoms with van der Waals surface area (Å²) >= 11 is 3.37. The van der Waals surface area contributed by atoms with Gasteiger partial charge in [0.15, 0.2) is 0 Å². The van der Waals surface area contributed by atoms with Crippen molar-refractivity contribution in [1.29, 1.82) is 0 Å². The lowest BCUT2D eigenvalue weighted by molar-refractivity contribution is -0.121. The van der Waals surface area contributed by atoms with Crippen LogP contribution in [0.25, 0.3) is 0 Å². The lowest BCUT2D eigenvalue weighted by Gasteiger charge is -2.09. The number of carbonyl (C=O) groups is 1. The predicted molar refractivity (Wildman–Crippen MR) is 70.8 cm³/mol. The van der Waals surface area contributed by atoms with E-state index < -0.39 is 0 Å². The quantitative estimate of drug-likeness (QED) is 0.798. The monoisotopic (exact) mass is 302 g/mol. The Balaban J connectivity index is 2.25. The predicted octanol–water partition coefficient (Wildman–Crippen LogP) is 1.02. The molecule has 0 saturated carbocycles. The van der Waals surface area contributed by atoms with Gasteiger partial charge in [-0.2, -0.15) is 5.10 Å². The first kappa shape index (κ1) is 14.2. The maximum atomic E-state index is 11.6. The van der Waals surface area contributed by atoms with Crippen LogP contribution in [0.15, 0.2) is 10.7 Å². The summed E-state index contributed by atoms with van der Waals surface area (Å²) in [4.78, 5) is 13.7. The van der Waals surface area contributed by atoms with E-state index >= 15 is 0 Å². The number of aromatic nitrogens is 2. The van der Waals surface area contributed by atoms with E-state index in [1.54, 1.807) is 4.68 Å². The largest absolute Gasteiger partial charge is 0.354 e. The molecule has 1 amide bonds. The minimum absolute atomic E-state index is 0.00115. The standard InChI is InChI=1S/C11H19BrN4O/c1-9-10(12)7-16(14-9)8-11(17)13-5-4-6-15(2)3/h7H,4-6,8H2,1-3H3,(H,13,17). The number of carbonyl (C=O) groups excluding carboxylic acids is 1. The van der Waals surface area contributed by atoms with Crippen molar-refractivity contribution in [3.8, 4) is 0 Å². The Kier molecular flexibility index (Phi) is 5.64. The zero-order chi connectivity index (χ0) is 12.8. The van der Waals surface area contributed by atoms with Crippen LogP contribution in [0.1, 0.15) is 12.1 Å². The molecule has 6 heteroatoms. The molecule has 1 aromatic rings. The minimum atomic E-state index is -0.00115. The maximum absolute atomic E-state index is 11.6. The third-order valence-electron chi connectivity index (χ3n) is 2.30. The first-order chi connectivity index (χ1) is 7.99. The molecule has 0 aliphatic heterocycles. The van der Waals surface area contributed by atoms with Crippen LogP contribution in [0, 0.1) is 6.92 Å². The highest BCUT2D eigenvalue weighted by atomic mass is 79.9. The number of aryl methyl sites for hydroxylation is 1. The molecule has 0 atom stereocenters. The number of hydrogen-bond donors (Lipinski definition) is 1. The fourth-order valence-electron chi connectivity index (χ4n) is 1.40. The van der Waals surface area contributed by atoms with E-state index in [9.17, 15) is 4.79 Å². The van der Waals surface area contributed by atoms with Crippen LogP contribution in [0.3, 0.4) is 0 Å². The zero-order valence-corrected chi connectivity index (χ0v) is 12.1. The Labute approximate surface area is 110 Å². The van der Waals surface area contributed by atoms with Crippen molar-refractivity contribution in [1.82, 2.24) is 20.0 Å². The molecular weight excluding hydrogens is 284 g/mol. The fourth-order valence-corrected chi connectivity index (χ4v) is 1.72. The van der Waals surface area contributed by atoms with E-state index in [1.807, 2.05) is 27.2 Å². The molecule has 0 bridgehead atoms. The third-order valence-corrected chi connectivity index (χ3v) is 3.07. The Morgan fingerprint density at radius 1 is 1.59 bits per heavy atom. The Morgan fingerprint density at radius 2 is 2.29 bits per heavy atom. The summed E-state index contributed by atoms with van der Waals surface area (Å²) in [6.07, 6.45) is 2.77. The minimum Gasteiger partial charge on any atom is -0.354 e. The number of hydrogen-bond acceptors (Lipinski definition) is 3. The lowest BCUT2D eigenvalue weighted by Crippen LogP contribution is -2.30. The van der Waals surface area contributed by atoms with Crippen LogP contribution in [0.4, 0.5) is 0 Å². The second-order valence-corrected chi connectivity index (χ2v) is 5.12. The molecule has 0 aliphatic carbocycles. The number of nitrogens with zero attached hydrogens (tertiary/aromatic N) is 3. The topological polar surface area (TPSA) is 50.2 Å². The number of halogens is 1. The van der Waals surface area contributed by atoms with Crippen molar-refractivity contribution in [2.75, 3.05) is 27.2 Å². The van der Waals surface area contributed by atoms with Gasteiger partial charge in [-0.3, -0.25) is 9.48 Å². The molecule has 1 rings (SSSR count). The van der Waals surface area contributed by atoms with Crippen LogP contribution >= 0.6 is 15.9 Å². The van der Waals surface area contributed by atoms with Gasteiger partial charge in [-0.25, -0.2) is 0 Å². The van der Waals surface area contributed by atoms with Gasteiger partial charge in [0.25, 0.3) is 0 Å². The molecule has 0 radical (unpaired) electrons. The molecule has 0 unspecified atom stereocenters. The third kappa shape index (κ3) is 5.32. The summed E-state index contributed by atoms with van der Waals surface area (Å²) < 4.78 is 2.57. The summed E-state index contributed by atoms with van der Waals surface area (Å²) in [5.41, 5.74) is 0.894. The fraction of sp³-hybridized carbons (Fsp3) is 0.636. The number of nitrogens with one attached hydrogen (secondary N) is 1. The Bertz CT molecular complexity index is 356. The highest BCUT2D eigenvalue weighted by Crippen LogP contribution is 2.12. The molecule has 5 nitrogen and oxygen atoms in total.